The van der Waals surface area contributed by atoms with Crippen LogP contribution in [-0.2, 0) is 23.7 Å². The molecule has 0 aromatic rings. The van der Waals surface area contributed by atoms with Gasteiger partial charge in [-0.05, 0) is 130 Å². The van der Waals surface area contributed by atoms with E-state index in [0.29, 0.717) is 61.6 Å². The third-order valence-electron chi connectivity index (χ3n) is 15.1. The van der Waals surface area contributed by atoms with Crippen molar-refractivity contribution in [1.82, 2.24) is 0 Å². The molecule has 13 unspecified atom stereocenters. The number of carbonyl (C=O) groups is 1. The summed E-state index contributed by atoms with van der Waals surface area (Å²) in [5.41, 5.74) is 6.39. The Morgan fingerprint density at radius 2 is 1.78 bits per heavy atom. The Bertz CT molecular complexity index is 1120. The van der Waals surface area contributed by atoms with Gasteiger partial charge in [0.1, 0.15) is 13.0 Å². The predicted molar refractivity (Wildman–Crippen MR) is 185 cm³/mol. The van der Waals surface area contributed by atoms with Gasteiger partial charge < -0.3 is 44.9 Å². The lowest BCUT2D eigenvalue weighted by Crippen LogP contribution is -2.95. The Morgan fingerprint density at radius 3 is 2.54 bits per heavy atom. The number of carbonyl (C=O) groups excluding carboxylic acids is 1. The summed E-state index contributed by atoms with van der Waals surface area (Å²) in [5.74, 6) is 3.37. The molecule has 2 aliphatic heterocycles. The van der Waals surface area contributed by atoms with E-state index in [1.807, 2.05) is 7.05 Å². The van der Waals surface area contributed by atoms with Gasteiger partial charge >= 0.3 is 5.97 Å². The highest BCUT2D eigenvalue weighted by molar-refractivity contribution is 5.65. The van der Waals surface area contributed by atoms with Crippen LogP contribution in [0.1, 0.15) is 96.8 Å². The van der Waals surface area contributed by atoms with E-state index in [1.54, 1.807) is 0 Å². The van der Waals surface area contributed by atoms with Crippen LogP contribution in [0.3, 0.4) is 0 Å². The summed E-state index contributed by atoms with van der Waals surface area (Å²) in [6.07, 6.45) is 13.4. The minimum Gasteiger partial charge on any atom is -0.465 e. The van der Waals surface area contributed by atoms with E-state index in [0.717, 1.165) is 64.0 Å². The Morgan fingerprint density at radius 1 is 0.940 bits per heavy atom. The van der Waals surface area contributed by atoms with Gasteiger partial charge in [-0.1, -0.05) is 0 Å². The monoisotopic (exact) mass is 708 g/mol. The van der Waals surface area contributed by atoms with Crippen molar-refractivity contribution in [3.05, 3.63) is 0 Å². The second-order valence-electron chi connectivity index (χ2n) is 18.0. The summed E-state index contributed by atoms with van der Waals surface area (Å²) in [4.78, 5) is 12.2. The van der Waals surface area contributed by atoms with Crippen molar-refractivity contribution in [3.63, 3.8) is 0 Å². The zero-order valence-electron chi connectivity index (χ0n) is 30.8. The summed E-state index contributed by atoms with van der Waals surface area (Å²) in [6.45, 7) is 4.21. The number of esters is 1. The van der Waals surface area contributed by atoms with E-state index in [4.69, 9.17) is 24.7 Å². The molecule has 5 saturated carbocycles. The van der Waals surface area contributed by atoms with Crippen LogP contribution in [0.4, 0.5) is 0 Å². The zero-order valence-corrected chi connectivity index (χ0v) is 30.8. The molecule has 0 amide bonds. The van der Waals surface area contributed by atoms with Crippen LogP contribution >= 0.6 is 0 Å². The van der Waals surface area contributed by atoms with Gasteiger partial charge in [0.25, 0.3) is 0 Å². The fraction of sp³-hybridized carbons (Fsp3) is 0.974. The number of ether oxygens (including phenoxy) is 4. The quantitative estimate of drug-likeness (QED) is 0.104. The second kappa shape index (κ2) is 16.2. The minimum absolute atomic E-state index is 0.0361. The highest BCUT2D eigenvalue weighted by Crippen LogP contribution is 2.68. The number of fused-ring (bicyclic) bond motifs is 6. The maximum Gasteiger partial charge on any atom is 0.302 e. The Balaban J connectivity index is 1.18. The van der Waals surface area contributed by atoms with Crippen LogP contribution in [-0.4, -0.2) is 104 Å². The lowest BCUT2D eigenvalue weighted by atomic mass is 9.45. The van der Waals surface area contributed by atoms with E-state index >= 15 is 0 Å². The number of quaternary nitrogens is 2. The third-order valence-corrected chi connectivity index (χ3v) is 15.1. The normalized spacial score (nSPS) is 48.9. The largest absolute Gasteiger partial charge is 0.465 e. The Kier molecular flexibility index (Phi) is 12.1. The van der Waals surface area contributed by atoms with Crippen molar-refractivity contribution in [3.8, 4) is 0 Å². The summed E-state index contributed by atoms with van der Waals surface area (Å²) < 4.78 is 25.7. The van der Waals surface area contributed by atoms with Gasteiger partial charge in [-0.15, -0.1) is 0 Å². The maximum atomic E-state index is 12.2. The first-order chi connectivity index (χ1) is 24.2. The van der Waals surface area contributed by atoms with Gasteiger partial charge in [0.15, 0.2) is 0 Å². The van der Waals surface area contributed by atoms with Crippen molar-refractivity contribution < 1.29 is 49.7 Å². The van der Waals surface area contributed by atoms with Crippen LogP contribution in [0.25, 0.3) is 0 Å². The lowest BCUT2D eigenvalue weighted by Gasteiger charge is -2.61. The SMILES string of the molecule is C[NH2+]CCOC1CC([C@H]2OC3C(CCC4C5C(CC(O)CC5OCO)C[C@@]5(CC[C@@H](CC6CCC(N)[NH2+]C6)C5)C43)[C@H]2COC(C)=O)CCC1O. The number of aliphatic hydroxyl groups is 3. The molecule has 1 spiro atoms. The third kappa shape index (κ3) is 7.69. The summed E-state index contributed by atoms with van der Waals surface area (Å²) in [6, 6.07) is 0. The molecule has 5 aliphatic carbocycles. The molecule has 0 radical (unpaired) electrons. The number of aliphatic hydroxyl groups excluding tert-OH is 3. The van der Waals surface area contributed by atoms with E-state index in [2.05, 4.69) is 10.6 Å². The van der Waals surface area contributed by atoms with Gasteiger partial charge in [0, 0.05) is 25.2 Å². The van der Waals surface area contributed by atoms with Crippen molar-refractivity contribution in [2.24, 2.45) is 64.4 Å². The molecular formula is C39H69N3O8+2. The number of likely N-dealkylation sites (N-methyl/N-ethyl adjacent to an activating group) is 1. The lowest BCUT2D eigenvalue weighted by molar-refractivity contribution is -0.703. The summed E-state index contributed by atoms with van der Waals surface area (Å²) >= 11 is 0. The maximum absolute atomic E-state index is 12.2. The number of nitrogens with two attached hydrogens (primary N) is 3. The van der Waals surface area contributed by atoms with Crippen LogP contribution in [0.15, 0.2) is 0 Å². The molecular weight excluding hydrogens is 638 g/mol. The van der Waals surface area contributed by atoms with Gasteiger partial charge in [-0.3, -0.25) is 10.5 Å². The van der Waals surface area contributed by atoms with Gasteiger partial charge in [0.05, 0.1) is 70.0 Å². The van der Waals surface area contributed by atoms with Gasteiger partial charge in [-0.2, -0.15) is 0 Å². The highest BCUT2D eigenvalue weighted by Gasteiger charge is 2.65. The van der Waals surface area contributed by atoms with E-state index in [1.165, 1.54) is 39.0 Å². The van der Waals surface area contributed by atoms with Crippen LogP contribution in [0.5, 0.6) is 0 Å². The average molecular weight is 708 g/mol. The first-order valence-corrected chi connectivity index (χ1v) is 20.5. The molecule has 17 atom stereocenters. The predicted octanol–water partition coefficient (Wildman–Crippen LogP) is 0.876. The second-order valence-corrected chi connectivity index (χ2v) is 18.0. The molecule has 9 N–H and O–H groups in total. The molecule has 7 rings (SSSR count). The molecule has 7 aliphatic rings. The summed E-state index contributed by atoms with van der Waals surface area (Å²) in [5, 5.41) is 36.4. The molecule has 0 aromatic carbocycles. The van der Waals surface area contributed by atoms with E-state index in [9.17, 15) is 20.1 Å². The van der Waals surface area contributed by atoms with E-state index < -0.39 is 6.10 Å². The topological polar surface area (TPSA) is 174 Å². The zero-order chi connectivity index (χ0) is 35.0. The van der Waals surface area contributed by atoms with Gasteiger partial charge in [-0.25, -0.2) is 0 Å². The smallest absolute Gasteiger partial charge is 0.302 e. The molecule has 2 saturated heterocycles. The Labute approximate surface area is 299 Å². The molecule has 50 heavy (non-hydrogen) atoms. The standard InChI is InChI=1S/C39H67N3O8/c1-22(44)48-20-30-28-5-6-29-35-26(14-27(45)16-33(35)49-21-43)18-39(10-9-23(17-39)13-24-3-8-34(40)42-19-24)36(29)38(28)50-37(30)25-4-7-31(46)32(15-25)47-12-11-41-2/h23-38,41-43,45-46H,3-21,40H2,1-2H3/p+2/t23-,24?,25?,26?,27?,28?,29?,30+,31?,32?,33?,34?,35?,36?,37+,38?,39-/m0/s1. The molecule has 11 heteroatoms. The molecule has 286 valence electrons. The van der Waals surface area contributed by atoms with Crippen LogP contribution in [0, 0.1) is 58.7 Å². The molecule has 0 bridgehead atoms. The first kappa shape index (κ1) is 37.4. The number of piperidine rings is 1. The van der Waals surface area contributed by atoms with Crippen molar-refractivity contribution in [1.29, 1.82) is 0 Å². The number of hydrogen-bond donors (Lipinski definition) is 6. The Hall–Kier alpha value is -0.890. The van der Waals surface area contributed by atoms with Crippen LogP contribution < -0.4 is 16.4 Å². The first-order valence-electron chi connectivity index (χ1n) is 20.5. The minimum atomic E-state index is -0.459. The number of hydrogen-bond acceptors (Lipinski definition) is 9. The van der Waals surface area contributed by atoms with Crippen molar-refractivity contribution >= 4 is 5.97 Å². The molecule has 2 heterocycles. The van der Waals surface area contributed by atoms with Crippen molar-refractivity contribution in [2.75, 3.05) is 40.1 Å². The van der Waals surface area contributed by atoms with Gasteiger partial charge in [0.2, 0.25) is 0 Å². The van der Waals surface area contributed by atoms with E-state index in [-0.39, 0.29) is 66.7 Å². The highest BCUT2D eigenvalue weighted by atomic mass is 16.6. The molecule has 7 fully saturated rings. The average Bonchev–Trinajstić information content (AvgIpc) is 3.66. The summed E-state index contributed by atoms with van der Waals surface area (Å²) in [7, 11) is 2.04. The van der Waals surface area contributed by atoms with Crippen molar-refractivity contribution in [2.45, 2.75) is 140 Å². The van der Waals surface area contributed by atoms with Crippen LogP contribution in [0.2, 0.25) is 0 Å². The fourth-order valence-electron chi connectivity index (χ4n) is 13.3. The fourth-order valence-corrected chi connectivity index (χ4v) is 13.3. The number of rotatable bonds is 11. The molecule has 0 aromatic heterocycles. The molecule has 11 nitrogen and oxygen atoms in total.